The third-order valence-corrected chi connectivity index (χ3v) is 3.86. The van der Waals surface area contributed by atoms with Crippen molar-refractivity contribution in [2.24, 2.45) is 5.92 Å². The van der Waals surface area contributed by atoms with Crippen LogP contribution in [0, 0.1) is 5.92 Å². The fourth-order valence-electron chi connectivity index (χ4n) is 2.84. The Morgan fingerprint density at radius 3 is 2.44 bits per heavy atom. The van der Waals surface area contributed by atoms with Crippen molar-refractivity contribution >= 4 is 5.91 Å². The summed E-state index contributed by atoms with van der Waals surface area (Å²) in [7, 11) is 0. The molecule has 3 nitrogen and oxygen atoms in total. The molecule has 0 unspecified atom stereocenters. The van der Waals surface area contributed by atoms with E-state index in [4.69, 9.17) is 0 Å². The monoisotopic (exact) mass is 264 g/mol. The molecule has 1 N–H and O–H groups in total. The maximum atomic E-state index is 12.9. The summed E-state index contributed by atoms with van der Waals surface area (Å²) in [6, 6.07) is -1.65. The predicted molar refractivity (Wildman–Crippen MR) is 61.0 cm³/mol. The van der Waals surface area contributed by atoms with E-state index in [2.05, 4.69) is 5.32 Å². The van der Waals surface area contributed by atoms with Gasteiger partial charge in [0.05, 0.1) is 0 Å². The van der Waals surface area contributed by atoms with Gasteiger partial charge in [-0.2, -0.15) is 13.2 Å². The lowest BCUT2D eigenvalue weighted by Crippen LogP contribution is -2.60. The van der Waals surface area contributed by atoms with Gasteiger partial charge in [0.1, 0.15) is 6.04 Å². The smallest absolute Gasteiger partial charge is 0.328 e. The number of piperazine rings is 1. The molecule has 2 fully saturated rings. The van der Waals surface area contributed by atoms with Crippen molar-refractivity contribution in [3.05, 3.63) is 0 Å². The Kier molecular flexibility index (Phi) is 4.14. The fraction of sp³-hybridized carbons (Fsp3) is 0.917. The van der Waals surface area contributed by atoms with Gasteiger partial charge < -0.3 is 10.2 Å². The van der Waals surface area contributed by atoms with Crippen molar-refractivity contribution < 1.29 is 18.0 Å². The zero-order chi connectivity index (χ0) is 13.2. The van der Waals surface area contributed by atoms with Crippen LogP contribution in [0.2, 0.25) is 0 Å². The molecular formula is C12H19F3N2O. The average Bonchev–Trinajstić information content (AvgIpc) is 2.38. The molecule has 1 saturated heterocycles. The van der Waals surface area contributed by atoms with Gasteiger partial charge in [0, 0.05) is 25.6 Å². The first-order valence-electron chi connectivity index (χ1n) is 6.58. The number of carbonyl (C=O) groups excluding carboxylic acids is 1. The number of hydrogen-bond acceptors (Lipinski definition) is 2. The summed E-state index contributed by atoms with van der Waals surface area (Å²) >= 11 is 0. The van der Waals surface area contributed by atoms with Crippen LogP contribution in [0.25, 0.3) is 0 Å². The molecule has 1 atom stereocenters. The fourth-order valence-corrected chi connectivity index (χ4v) is 2.84. The molecule has 0 spiro atoms. The van der Waals surface area contributed by atoms with Crippen LogP contribution >= 0.6 is 0 Å². The minimum atomic E-state index is -4.34. The summed E-state index contributed by atoms with van der Waals surface area (Å²) in [4.78, 5) is 13.3. The number of amides is 1. The van der Waals surface area contributed by atoms with Crippen LogP contribution < -0.4 is 5.32 Å². The Bertz CT molecular complexity index is 300. The molecule has 2 rings (SSSR count). The van der Waals surface area contributed by atoms with E-state index in [1.807, 2.05) is 0 Å². The van der Waals surface area contributed by atoms with Gasteiger partial charge >= 0.3 is 6.18 Å². The standard InChI is InChI=1S/C12H19F3N2O/c13-12(14,15)10-8-16-6-7-17(10)11(18)9-4-2-1-3-5-9/h9-10,16H,1-8H2/t10-/m0/s1. The highest BCUT2D eigenvalue weighted by Crippen LogP contribution is 2.30. The van der Waals surface area contributed by atoms with E-state index in [-0.39, 0.29) is 24.9 Å². The number of carbonyl (C=O) groups is 1. The third-order valence-electron chi connectivity index (χ3n) is 3.86. The molecule has 1 amide bonds. The van der Waals surface area contributed by atoms with Crippen molar-refractivity contribution in [2.45, 2.75) is 44.3 Å². The summed E-state index contributed by atoms with van der Waals surface area (Å²) in [6.45, 7) is 0.437. The van der Waals surface area contributed by atoms with Crippen LogP contribution in [-0.4, -0.2) is 42.7 Å². The minimum Gasteiger partial charge on any atom is -0.328 e. The van der Waals surface area contributed by atoms with Crippen LogP contribution in [0.4, 0.5) is 13.2 Å². The Labute approximate surface area is 105 Å². The molecule has 6 heteroatoms. The van der Waals surface area contributed by atoms with Crippen LogP contribution in [0.15, 0.2) is 0 Å². The SMILES string of the molecule is O=C(C1CCCCC1)N1CCNC[C@H]1C(F)(F)F. The van der Waals surface area contributed by atoms with Gasteiger partial charge in [0.25, 0.3) is 0 Å². The van der Waals surface area contributed by atoms with Gasteiger partial charge in [-0.15, -0.1) is 0 Å². The molecule has 1 aliphatic carbocycles. The van der Waals surface area contributed by atoms with Gasteiger partial charge in [-0.1, -0.05) is 19.3 Å². The maximum absolute atomic E-state index is 12.9. The van der Waals surface area contributed by atoms with Gasteiger partial charge in [0.15, 0.2) is 0 Å². The highest BCUT2D eigenvalue weighted by atomic mass is 19.4. The first-order chi connectivity index (χ1) is 8.50. The van der Waals surface area contributed by atoms with E-state index in [1.54, 1.807) is 0 Å². The van der Waals surface area contributed by atoms with Crippen molar-refractivity contribution in [1.29, 1.82) is 0 Å². The molecule has 0 aromatic heterocycles. The number of nitrogens with one attached hydrogen (secondary N) is 1. The number of halogens is 3. The molecule has 0 bridgehead atoms. The van der Waals surface area contributed by atoms with Crippen LogP contribution in [-0.2, 0) is 4.79 Å². The Morgan fingerprint density at radius 1 is 1.17 bits per heavy atom. The maximum Gasteiger partial charge on any atom is 0.410 e. The van der Waals surface area contributed by atoms with E-state index in [1.165, 1.54) is 0 Å². The molecule has 104 valence electrons. The van der Waals surface area contributed by atoms with Crippen LogP contribution in [0.3, 0.4) is 0 Å². The van der Waals surface area contributed by atoms with E-state index >= 15 is 0 Å². The first kappa shape index (κ1) is 13.6. The van der Waals surface area contributed by atoms with Crippen molar-refractivity contribution in [3.8, 4) is 0 Å². The summed E-state index contributed by atoms with van der Waals surface area (Å²) < 4.78 is 38.7. The van der Waals surface area contributed by atoms with Gasteiger partial charge in [-0.25, -0.2) is 0 Å². The lowest BCUT2D eigenvalue weighted by Gasteiger charge is -2.39. The van der Waals surface area contributed by atoms with Crippen LogP contribution in [0.1, 0.15) is 32.1 Å². The topological polar surface area (TPSA) is 32.3 Å². The predicted octanol–water partition coefficient (Wildman–Crippen LogP) is 1.93. The highest BCUT2D eigenvalue weighted by Gasteiger charge is 2.47. The zero-order valence-electron chi connectivity index (χ0n) is 10.3. The molecule has 0 radical (unpaired) electrons. The highest BCUT2D eigenvalue weighted by molar-refractivity contribution is 5.79. The number of rotatable bonds is 1. The second-order valence-electron chi connectivity index (χ2n) is 5.13. The van der Waals surface area contributed by atoms with Crippen molar-refractivity contribution in [1.82, 2.24) is 10.2 Å². The lowest BCUT2D eigenvalue weighted by molar-refractivity contribution is -0.194. The van der Waals surface area contributed by atoms with E-state index < -0.39 is 12.2 Å². The summed E-state index contributed by atoms with van der Waals surface area (Å²) in [5.74, 6) is -0.486. The van der Waals surface area contributed by atoms with E-state index in [0.717, 1.165) is 37.0 Å². The minimum absolute atomic E-state index is 0.166. The van der Waals surface area contributed by atoms with E-state index in [9.17, 15) is 18.0 Å². The molecular weight excluding hydrogens is 245 g/mol. The van der Waals surface area contributed by atoms with Crippen molar-refractivity contribution in [3.63, 3.8) is 0 Å². The zero-order valence-corrected chi connectivity index (χ0v) is 10.3. The second-order valence-corrected chi connectivity index (χ2v) is 5.13. The second kappa shape index (κ2) is 5.47. The molecule has 0 aromatic rings. The largest absolute Gasteiger partial charge is 0.410 e. The Balaban J connectivity index is 2.05. The summed E-state index contributed by atoms with van der Waals surface area (Å²) in [6.07, 6.45) is 0.158. The Hall–Kier alpha value is -0.780. The van der Waals surface area contributed by atoms with Gasteiger partial charge in [-0.05, 0) is 12.8 Å². The molecule has 1 saturated carbocycles. The molecule has 2 aliphatic rings. The van der Waals surface area contributed by atoms with E-state index in [0.29, 0.717) is 6.54 Å². The number of hydrogen-bond donors (Lipinski definition) is 1. The average molecular weight is 264 g/mol. The van der Waals surface area contributed by atoms with Gasteiger partial charge in [-0.3, -0.25) is 4.79 Å². The molecule has 18 heavy (non-hydrogen) atoms. The first-order valence-corrected chi connectivity index (χ1v) is 6.58. The normalized spacial score (nSPS) is 27.3. The van der Waals surface area contributed by atoms with Crippen molar-refractivity contribution in [2.75, 3.05) is 19.6 Å². The molecule has 1 aliphatic heterocycles. The Morgan fingerprint density at radius 2 is 1.83 bits per heavy atom. The number of nitrogens with zero attached hydrogens (tertiary/aromatic N) is 1. The lowest BCUT2D eigenvalue weighted by atomic mass is 9.87. The summed E-state index contributed by atoms with van der Waals surface area (Å²) in [5, 5.41) is 2.72. The molecule has 1 heterocycles. The summed E-state index contributed by atoms with van der Waals surface area (Å²) in [5.41, 5.74) is 0. The van der Waals surface area contributed by atoms with Crippen LogP contribution in [0.5, 0.6) is 0 Å². The third kappa shape index (κ3) is 2.96. The number of alkyl halides is 3. The van der Waals surface area contributed by atoms with Gasteiger partial charge in [0.2, 0.25) is 5.91 Å². The molecule has 0 aromatic carbocycles. The quantitative estimate of drug-likeness (QED) is 0.785.